The second kappa shape index (κ2) is 7.69. The van der Waals surface area contributed by atoms with E-state index in [-0.39, 0.29) is 5.56 Å². The molecule has 0 aliphatic carbocycles. The molecule has 29 heavy (non-hydrogen) atoms. The topological polar surface area (TPSA) is 74.8 Å². The molecule has 0 saturated heterocycles. The zero-order chi connectivity index (χ0) is 19.6. The largest absolute Gasteiger partial charge is 0.306 e. The van der Waals surface area contributed by atoms with Crippen LogP contribution in [0.25, 0.3) is 22.6 Å². The molecule has 0 atom stereocenters. The average Bonchev–Trinajstić information content (AvgIpc) is 3.30. The van der Waals surface area contributed by atoms with Crippen LogP contribution in [0.4, 0.5) is 0 Å². The van der Waals surface area contributed by atoms with E-state index >= 15 is 0 Å². The van der Waals surface area contributed by atoms with Gasteiger partial charge in [-0.15, -0.1) is 0 Å². The van der Waals surface area contributed by atoms with Crippen molar-refractivity contribution in [2.24, 2.45) is 0 Å². The zero-order valence-electron chi connectivity index (χ0n) is 15.7. The van der Waals surface area contributed by atoms with Crippen molar-refractivity contribution in [3.8, 4) is 22.6 Å². The molecule has 5 heterocycles. The van der Waals surface area contributed by atoms with Crippen LogP contribution in [-0.4, -0.2) is 31.4 Å². The number of rotatable bonds is 4. The van der Waals surface area contributed by atoms with E-state index in [2.05, 4.69) is 48.8 Å². The normalized spacial score (nSPS) is 13.9. The highest BCUT2D eigenvalue weighted by Gasteiger charge is 2.21. The molecule has 0 radical (unpaired) electrons. The fourth-order valence-corrected chi connectivity index (χ4v) is 4.27. The molecule has 0 fully saturated rings. The number of hydrogen-bond donors (Lipinski definition) is 1. The molecule has 0 saturated carbocycles. The van der Waals surface area contributed by atoms with Crippen LogP contribution in [0.2, 0.25) is 0 Å². The maximum Gasteiger partial charge on any atom is 0.255 e. The van der Waals surface area contributed by atoms with Gasteiger partial charge in [-0.3, -0.25) is 19.7 Å². The highest BCUT2D eigenvalue weighted by atomic mass is 32.1. The summed E-state index contributed by atoms with van der Waals surface area (Å²) in [5, 5.41) is 4.16. The summed E-state index contributed by atoms with van der Waals surface area (Å²) in [5.74, 6) is 0.609. The summed E-state index contributed by atoms with van der Waals surface area (Å²) in [6.07, 6.45) is 6.09. The third-order valence-electron chi connectivity index (χ3n) is 5.15. The van der Waals surface area contributed by atoms with Gasteiger partial charge in [0.25, 0.3) is 5.56 Å². The molecule has 6 nitrogen and oxygen atoms in total. The predicted octanol–water partition coefficient (Wildman–Crippen LogP) is 3.51. The number of aromatic nitrogens is 4. The third kappa shape index (κ3) is 3.74. The van der Waals surface area contributed by atoms with Gasteiger partial charge in [-0.2, -0.15) is 11.3 Å². The quantitative estimate of drug-likeness (QED) is 0.566. The Morgan fingerprint density at radius 3 is 2.76 bits per heavy atom. The Morgan fingerprint density at radius 1 is 1.10 bits per heavy atom. The van der Waals surface area contributed by atoms with Gasteiger partial charge in [0, 0.05) is 61.2 Å². The molecule has 0 aromatic carbocycles. The second-order valence-corrected chi connectivity index (χ2v) is 7.88. The van der Waals surface area contributed by atoms with Crippen molar-refractivity contribution >= 4 is 11.3 Å². The lowest BCUT2D eigenvalue weighted by molar-refractivity contribution is 0.241. The lowest BCUT2D eigenvalue weighted by atomic mass is 10.1. The van der Waals surface area contributed by atoms with Crippen LogP contribution >= 0.6 is 11.3 Å². The monoisotopic (exact) mass is 401 g/mol. The summed E-state index contributed by atoms with van der Waals surface area (Å²) < 4.78 is 0. The van der Waals surface area contributed by atoms with E-state index in [1.165, 1.54) is 0 Å². The molecule has 144 valence electrons. The molecular formula is C22H19N5OS. The van der Waals surface area contributed by atoms with E-state index in [1.807, 2.05) is 18.3 Å². The van der Waals surface area contributed by atoms with E-state index in [0.29, 0.717) is 12.4 Å². The first-order valence-electron chi connectivity index (χ1n) is 9.48. The first kappa shape index (κ1) is 17.9. The fourth-order valence-electron chi connectivity index (χ4n) is 3.62. The van der Waals surface area contributed by atoms with Crippen molar-refractivity contribution in [2.45, 2.75) is 19.5 Å². The number of pyridine rings is 2. The second-order valence-electron chi connectivity index (χ2n) is 7.10. The molecule has 4 aromatic rings. The molecule has 4 aromatic heterocycles. The minimum Gasteiger partial charge on any atom is -0.306 e. The lowest BCUT2D eigenvalue weighted by Crippen LogP contribution is -2.35. The first-order chi connectivity index (χ1) is 14.3. The molecule has 1 aliphatic rings. The van der Waals surface area contributed by atoms with E-state index in [9.17, 15) is 4.79 Å². The van der Waals surface area contributed by atoms with E-state index in [1.54, 1.807) is 23.7 Å². The number of fused-ring (bicyclic) bond motifs is 1. The fraction of sp³-hybridized carbons (Fsp3) is 0.182. The van der Waals surface area contributed by atoms with Crippen LogP contribution < -0.4 is 5.56 Å². The Morgan fingerprint density at radius 2 is 2.00 bits per heavy atom. The van der Waals surface area contributed by atoms with Gasteiger partial charge in [-0.25, -0.2) is 4.98 Å². The van der Waals surface area contributed by atoms with Crippen molar-refractivity contribution in [3.63, 3.8) is 0 Å². The standard InChI is InChI=1S/C22H19N5OS/c28-22-18-13-27(12-15-1-2-19(24-11-15)17-6-10-29-14-17)9-5-20(18)25-21(26-22)16-3-7-23-8-4-16/h1-4,6-8,10-11,14H,5,9,12-13H2,(H,25,26,28). The van der Waals surface area contributed by atoms with Crippen LogP contribution in [0.5, 0.6) is 0 Å². The zero-order valence-corrected chi connectivity index (χ0v) is 16.5. The molecule has 0 unspecified atom stereocenters. The van der Waals surface area contributed by atoms with Gasteiger partial charge in [-0.1, -0.05) is 6.07 Å². The van der Waals surface area contributed by atoms with Crippen LogP contribution in [-0.2, 0) is 19.5 Å². The Bertz CT molecular complexity index is 1170. The van der Waals surface area contributed by atoms with Gasteiger partial charge in [0.1, 0.15) is 5.82 Å². The van der Waals surface area contributed by atoms with Gasteiger partial charge in [0.15, 0.2) is 0 Å². The van der Waals surface area contributed by atoms with E-state index < -0.39 is 0 Å². The van der Waals surface area contributed by atoms with Crippen LogP contribution in [0.15, 0.2) is 64.5 Å². The molecule has 1 N–H and O–H groups in total. The minimum atomic E-state index is -0.0579. The number of thiophene rings is 1. The molecule has 0 amide bonds. The maximum atomic E-state index is 12.7. The summed E-state index contributed by atoms with van der Waals surface area (Å²) in [6, 6.07) is 9.96. The Hall–Kier alpha value is -3.16. The van der Waals surface area contributed by atoms with E-state index in [4.69, 9.17) is 4.98 Å². The first-order valence-corrected chi connectivity index (χ1v) is 10.4. The number of aromatic amines is 1. The molecular weight excluding hydrogens is 382 g/mol. The lowest BCUT2D eigenvalue weighted by Gasteiger charge is -2.27. The Kier molecular flexibility index (Phi) is 4.75. The molecule has 1 aliphatic heterocycles. The smallest absolute Gasteiger partial charge is 0.255 e. The van der Waals surface area contributed by atoms with Gasteiger partial charge in [-0.05, 0) is 35.2 Å². The van der Waals surface area contributed by atoms with Gasteiger partial charge in [0.2, 0.25) is 0 Å². The minimum absolute atomic E-state index is 0.0579. The summed E-state index contributed by atoms with van der Waals surface area (Å²) in [5.41, 5.74) is 5.75. The SMILES string of the molecule is O=c1[nH]c(-c2ccncc2)nc2c1CN(Cc1ccc(-c3ccsc3)nc1)CC2. The van der Waals surface area contributed by atoms with Crippen LogP contribution in [0.1, 0.15) is 16.8 Å². The number of H-pyrrole nitrogens is 1. The summed E-state index contributed by atoms with van der Waals surface area (Å²) in [4.78, 5) is 31.2. The van der Waals surface area contributed by atoms with Gasteiger partial charge < -0.3 is 4.98 Å². The number of nitrogens with zero attached hydrogens (tertiary/aromatic N) is 4. The summed E-state index contributed by atoms with van der Waals surface area (Å²) in [7, 11) is 0. The van der Waals surface area contributed by atoms with Crippen LogP contribution in [0.3, 0.4) is 0 Å². The van der Waals surface area contributed by atoms with Gasteiger partial charge >= 0.3 is 0 Å². The highest BCUT2D eigenvalue weighted by Crippen LogP contribution is 2.22. The number of nitrogens with one attached hydrogen (secondary N) is 1. The Balaban J connectivity index is 1.33. The van der Waals surface area contributed by atoms with Crippen molar-refractivity contribution < 1.29 is 0 Å². The summed E-state index contributed by atoms with van der Waals surface area (Å²) in [6.45, 7) is 2.23. The van der Waals surface area contributed by atoms with Crippen molar-refractivity contribution in [1.82, 2.24) is 24.8 Å². The van der Waals surface area contributed by atoms with E-state index in [0.717, 1.165) is 53.2 Å². The van der Waals surface area contributed by atoms with Gasteiger partial charge in [0.05, 0.1) is 17.0 Å². The average molecular weight is 401 g/mol. The number of hydrogen-bond acceptors (Lipinski definition) is 6. The highest BCUT2D eigenvalue weighted by molar-refractivity contribution is 7.08. The summed E-state index contributed by atoms with van der Waals surface area (Å²) >= 11 is 1.67. The van der Waals surface area contributed by atoms with Crippen molar-refractivity contribution in [1.29, 1.82) is 0 Å². The predicted molar refractivity (Wildman–Crippen MR) is 113 cm³/mol. The van der Waals surface area contributed by atoms with Crippen LogP contribution in [0, 0.1) is 0 Å². The molecule has 7 heteroatoms. The van der Waals surface area contributed by atoms with Crippen molar-refractivity contribution in [2.75, 3.05) is 6.54 Å². The maximum absolute atomic E-state index is 12.7. The molecule has 0 spiro atoms. The molecule has 5 rings (SSSR count). The molecule has 0 bridgehead atoms. The third-order valence-corrected chi connectivity index (χ3v) is 5.83. The van der Waals surface area contributed by atoms with Crippen molar-refractivity contribution in [3.05, 3.63) is 86.9 Å². The Labute approximate surface area is 171 Å².